The first-order valence-electron chi connectivity index (χ1n) is 5.94. The van der Waals surface area contributed by atoms with E-state index in [0.29, 0.717) is 6.04 Å². The van der Waals surface area contributed by atoms with E-state index in [-0.39, 0.29) is 0 Å². The van der Waals surface area contributed by atoms with Crippen molar-refractivity contribution in [1.82, 2.24) is 5.32 Å². The smallest absolute Gasteiger partial charge is 0.0649 e. The van der Waals surface area contributed by atoms with Crippen LogP contribution in [0.25, 0.3) is 0 Å². The fraction of sp³-hybridized carbons (Fsp3) is 0.538. The predicted molar refractivity (Wildman–Crippen MR) is 80.3 cm³/mol. The first-order valence-corrected chi connectivity index (χ1v) is 7.71. The number of hydrogen-bond acceptors (Lipinski definition) is 3. The highest BCUT2D eigenvalue weighted by atomic mass is 79.9. The number of nitrogens with one attached hydrogen (secondary N) is 1. The molecule has 2 rings (SSSR count). The van der Waals surface area contributed by atoms with Gasteiger partial charge in [0.25, 0.3) is 0 Å². The summed E-state index contributed by atoms with van der Waals surface area (Å²) < 4.78 is 1.22. The zero-order chi connectivity index (χ0) is 12.4. The molecule has 0 saturated carbocycles. The van der Waals surface area contributed by atoms with E-state index in [0.717, 1.165) is 6.54 Å². The highest BCUT2D eigenvalue weighted by molar-refractivity contribution is 9.10. The molecule has 17 heavy (non-hydrogen) atoms. The number of rotatable bonds is 3. The number of thioether (sulfide) groups is 1. The highest BCUT2D eigenvalue weighted by Crippen LogP contribution is 2.42. The summed E-state index contributed by atoms with van der Waals surface area (Å²) in [5.74, 6) is 1.18. The molecule has 1 unspecified atom stereocenters. The molecule has 94 valence electrons. The molecular formula is C13H19BrN2S. The summed E-state index contributed by atoms with van der Waals surface area (Å²) in [5, 5.41) is 3.24. The summed E-state index contributed by atoms with van der Waals surface area (Å²) in [7, 11) is 4.22. The Bertz CT molecular complexity index is 409. The zero-order valence-electron chi connectivity index (χ0n) is 10.6. The van der Waals surface area contributed by atoms with Gasteiger partial charge in [0, 0.05) is 28.2 Å². The molecule has 1 heterocycles. The molecule has 0 saturated heterocycles. The lowest BCUT2D eigenvalue weighted by Crippen LogP contribution is -2.38. The third-order valence-corrected chi connectivity index (χ3v) is 5.01. The standard InChI is InChI=1S/C13H19BrN2S/c1-9-6-11(14)13-12(7-9)17-8-10(16(13)3)4-5-15-2/h6-7,10,15H,4-5,8H2,1-3H3. The van der Waals surface area contributed by atoms with Crippen molar-refractivity contribution in [3.8, 4) is 0 Å². The maximum Gasteiger partial charge on any atom is 0.0649 e. The summed E-state index contributed by atoms with van der Waals surface area (Å²) in [5.41, 5.74) is 2.68. The van der Waals surface area contributed by atoms with Gasteiger partial charge in [-0.05, 0) is 60.6 Å². The number of hydrogen-bond donors (Lipinski definition) is 1. The van der Waals surface area contributed by atoms with Gasteiger partial charge in [-0.3, -0.25) is 0 Å². The van der Waals surface area contributed by atoms with Crippen LogP contribution in [0.15, 0.2) is 21.5 Å². The number of halogens is 1. The summed E-state index contributed by atoms with van der Waals surface area (Å²) in [4.78, 5) is 3.83. The Morgan fingerprint density at radius 3 is 3.00 bits per heavy atom. The van der Waals surface area contributed by atoms with Crippen molar-refractivity contribution in [3.63, 3.8) is 0 Å². The first-order chi connectivity index (χ1) is 8.13. The van der Waals surface area contributed by atoms with Crippen molar-refractivity contribution in [2.75, 3.05) is 31.3 Å². The molecule has 1 aliphatic rings. The molecule has 0 aliphatic carbocycles. The average Bonchev–Trinajstić information content (AvgIpc) is 2.27. The normalized spacial score (nSPS) is 19.3. The lowest BCUT2D eigenvalue weighted by molar-refractivity contribution is 0.597. The number of nitrogens with zero attached hydrogens (tertiary/aromatic N) is 1. The van der Waals surface area contributed by atoms with Crippen LogP contribution in [0, 0.1) is 6.92 Å². The second-order valence-electron chi connectivity index (χ2n) is 4.56. The van der Waals surface area contributed by atoms with E-state index in [2.05, 4.69) is 52.3 Å². The van der Waals surface area contributed by atoms with Crippen LogP contribution in [0.1, 0.15) is 12.0 Å². The largest absolute Gasteiger partial charge is 0.369 e. The van der Waals surface area contributed by atoms with Gasteiger partial charge in [0.2, 0.25) is 0 Å². The number of anilines is 1. The number of aryl methyl sites for hydroxylation is 1. The molecule has 0 fully saturated rings. The van der Waals surface area contributed by atoms with Crippen molar-refractivity contribution in [2.24, 2.45) is 0 Å². The fourth-order valence-corrected chi connectivity index (χ4v) is 4.63. The average molecular weight is 315 g/mol. The van der Waals surface area contributed by atoms with Crippen LogP contribution < -0.4 is 10.2 Å². The van der Waals surface area contributed by atoms with Gasteiger partial charge in [-0.1, -0.05) is 0 Å². The lowest BCUT2D eigenvalue weighted by atomic mass is 10.1. The quantitative estimate of drug-likeness (QED) is 0.921. The minimum Gasteiger partial charge on any atom is -0.369 e. The minimum absolute atomic E-state index is 0.624. The topological polar surface area (TPSA) is 15.3 Å². The minimum atomic E-state index is 0.624. The Kier molecular flexibility index (Phi) is 4.39. The van der Waals surface area contributed by atoms with Gasteiger partial charge in [0.05, 0.1) is 5.69 Å². The van der Waals surface area contributed by atoms with Gasteiger partial charge in [0.15, 0.2) is 0 Å². The first kappa shape index (κ1) is 13.2. The molecule has 1 N–H and O–H groups in total. The van der Waals surface area contributed by atoms with E-state index in [1.807, 2.05) is 18.8 Å². The van der Waals surface area contributed by atoms with E-state index in [4.69, 9.17) is 0 Å². The monoisotopic (exact) mass is 314 g/mol. The van der Waals surface area contributed by atoms with Crippen LogP contribution in [0.4, 0.5) is 5.69 Å². The fourth-order valence-electron chi connectivity index (χ4n) is 2.22. The summed E-state index contributed by atoms with van der Waals surface area (Å²) in [6.45, 7) is 3.23. The van der Waals surface area contributed by atoms with Crippen molar-refractivity contribution in [2.45, 2.75) is 24.3 Å². The lowest BCUT2D eigenvalue weighted by Gasteiger charge is -2.36. The molecule has 1 aromatic rings. The van der Waals surface area contributed by atoms with E-state index in [1.165, 1.54) is 32.8 Å². The van der Waals surface area contributed by atoms with E-state index < -0.39 is 0 Å². The van der Waals surface area contributed by atoms with Gasteiger partial charge in [-0.15, -0.1) is 11.8 Å². The molecule has 4 heteroatoms. The van der Waals surface area contributed by atoms with Gasteiger partial charge < -0.3 is 10.2 Å². The van der Waals surface area contributed by atoms with Crippen LogP contribution >= 0.6 is 27.7 Å². The predicted octanol–water partition coefficient (Wildman–Crippen LogP) is 3.28. The summed E-state index contributed by atoms with van der Waals surface area (Å²) in [6.07, 6.45) is 1.19. The van der Waals surface area contributed by atoms with Gasteiger partial charge >= 0.3 is 0 Å². The van der Waals surface area contributed by atoms with Crippen LogP contribution in [0.2, 0.25) is 0 Å². The van der Waals surface area contributed by atoms with E-state index >= 15 is 0 Å². The molecule has 0 bridgehead atoms. The Morgan fingerprint density at radius 2 is 2.29 bits per heavy atom. The van der Waals surface area contributed by atoms with Gasteiger partial charge in [-0.2, -0.15) is 0 Å². The number of fused-ring (bicyclic) bond motifs is 1. The molecule has 0 aromatic heterocycles. The second kappa shape index (κ2) is 5.63. The molecule has 0 spiro atoms. The zero-order valence-corrected chi connectivity index (χ0v) is 13.0. The second-order valence-corrected chi connectivity index (χ2v) is 6.48. The molecule has 2 nitrogen and oxygen atoms in total. The molecule has 0 amide bonds. The maximum absolute atomic E-state index is 3.70. The van der Waals surface area contributed by atoms with Gasteiger partial charge in [-0.25, -0.2) is 0 Å². The maximum atomic E-state index is 3.70. The summed E-state index contributed by atoms with van der Waals surface area (Å²) >= 11 is 5.68. The van der Waals surface area contributed by atoms with Gasteiger partial charge in [0.1, 0.15) is 0 Å². The summed E-state index contributed by atoms with van der Waals surface area (Å²) in [6, 6.07) is 5.12. The Hall–Kier alpha value is -0.190. The third kappa shape index (κ3) is 2.80. The van der Waals surface area contributed by atoms with Crippen LogP contribution in [0.3, 0.4) is 0 Å². The van der Waals surface area contributed by atoms with Crippen molar-refractivity contribution >= 4 is 33.4 Å². The van der Waals surface area contributed by atoms with Crippen molar-refractivity contribution in [1.29, 1.82) is 0 Å². The Balaban J connectivity index is 2.25. The SMILES string of the molecule is CNCCC1CSc2cc(C)cc(Br)c2N1C. The Labute approximate surface area is 116 Å². The van der Waals surface area contributed by atoms with Crippen LogP contribution in [-0.2, 0) is 0 Å². The molecule has 1 atom stereocenters. The molecule has 1 aromatic carbocycles. The Morgan fingerprint density at radius 1 is 1.53 bits per heavy atom. The van der Waals surface area contributed by atoms with Crippen molar-refractivity contribution < 1.29 is 0 Å². The van der Waals surface area contributed by atoms with E-state index in [1.54, 1.807) is 0 Å². The van der Waals surface area contributed by atoms with Crippen LogP contribution in [0.5, 0.6) is 0 Å². The van der Waals surface area contributed by atoms with Crippen LogP contribution in [-0.4, -0.2) is 32.4 Å². The highest BCUT2D eigenvalue weighted by Gasteiger charge is 2.25. The molecule has 1 aliphatic heterocycles. The molecule has 0 radical (unpaired) electrons. The number of benzene rings is 1. The molecular weight excluding hydrogens is 296 g/mol. The van der Waals surface area contributed by atoms with Crippen molar-refractivity contribution in [3.05, 3.63) is 22.2 Å². The third-order valence-electron chi connectivity index (χ3n) is 3.23. The van der Waals surface area contributed by atoms with E-state index in [9.17, 15) is 0 Å².